The zero-order valence-electron chi connectivity index (χ0n) is 37.9. The summed E-state index contributed by atoms with van der Waals surface area (Å²) >= 11 is 52.5. The number of aromatic nitrogens is 5. The maximum absolute atomic E-state index is 10.4. The number of pyridine rings is 5. The Morgan fingerprint density at radius 2 is 1.01 bits per heavy atom. The molecule has 42 heteroatoms. The van der Waals surface area contributed by atoms with Gasteiger partial charge in [0.15, 0.2) is 10.5 Å². The molecule has 5 heterocycles. The van der Waals surface area contributed by atoms with Gasteiger partial charge in [-0.15, -0.1) is 51.4 Å². The van der Waals surface area contributed by atoms with E-state index in [4.69, 9.17) is 138 Å². The molecule has 0 aromatic carbocycles. The van der Waals surface area contributed by atoms with Crippen LogP contribution in [0.15, 0.2) is 106 Å². The van der Waals surface area contributed by atoms with Gasteiger partial charge < -0.3 is 24.1 Å². The molecule has 0 aliphatic heterocycles. The van der Waals surface area contributed by atoms with E-state index in [-0.39, 0.29) is 67.8 Å². The van der Waals surface area contributed by atoms with Crippen LogP contribution >= 0.6 is 182 Å². The van der Waals surface area contributed by atoms with Crippen molar-refractivity contribution in [1.82, 2.24) is 20.6 Å². The molecular weight excluding hydrogens is 1600 g/mol. The molecule has 0 spiro atoms. The number of hydrogen-bond acceptors (Lipinski definition) is 20. The number of methoxy groups -OCH3 is 4. The average Bonchev–Trinajstić information content (AvgIpc) is 3.32. The summed E-state index contributed by atoms with van der Waals surface area (Å²) in [5, 5.41) is 61.8. The zero-order valence-corrected chi connectivity index (χ0v) is 56.4. The van der Waals surface area contributed by atoms with Gasteiger partial charge in [0, 0.05) is 36.9 Å². The Balaban J connectivity index is -0.000000139. The number of hydrogen-bond donors (Lipinski definition) is 7. The molecule has 5 rings (SSSR count). The van der Waals surface area contributed by atoms with Gasteiger partial charge in [-0.05, 0) is 125 Å². The zero-order chi connectivity index (χ0) is 58.3. The molecule has 0 unspecified atom stereocenters. The smallest absolute Gasteiger partial charge is 0.857 e. The molecule has 74 heavy (non-hydrogen) atoms. The summed E-state index contributed by atoms with van der Waals surface area (Å²) in [5.74, 6) is 0.0613. The number of rotatable bonds is 7. The third kappa shape index (κ3) is 57.5. The predicted molar refractivity (Wildman–Crippen MR) is 292 cm³/mol. The van der Waals surface area contributed by atoms with Crippen molar-refractivity contribution in [1.29, 1.82) is 0 Å². The number of alkyl halides is 4. The molecule has 0 aliphatic rings. The summed E-state index contributed by atoms with van der Waals surface area (Å²) in [4.78, 5) is 34.2. The van der Waals surface area contributed by atoms with E-state index in [1.807, 2.05) is 18.2 Å². The van der Waals surface area contributed by atoms with Crippen LogP contribution in [0.25, 0.3) is 0 Å². The topological polar surface area (TPSA) is 369 Å². The van der Waals surface area contributed by atoms with Crippen molar-refractivity contribution >= 4 is 203 Å². The van der Waals surface area contributed by atoms with E-state index < -0.39 is 26.2 Å². The Bertz CT molecular complexity index is 2290. The normalized spacial score (nSPS) is 8.86. The van der Waals surface area contributed by atoms with Crippen molar-refractivity contribution in [3.05, 3.63) is 127 Å². The number of nitro groups is 2. The SMILES string of the molecule is Brc1ccc(Br)nc1.COc1cc([N+](=O)[O-])c(Br)c[n+]1O.COc1cc([N+](=O)[O-])c(Br)cn1.COc1ccc(Br)c[n+]1O.COc1ccc(Br)cn1.C[O-].ClCCl.ClCCl.ClP(Cl)Cl.O=S(=O)(O)O.ONOO.[Na+]. The first-order valence-electron chi connectivity index (χ1n) is 16.7. The van der Waals surface area contributed by atoms with E-state index in [1.165, 1.54) is 39.8 Å². The molecule has 0 saturated carbocycles. The first-order chi connectivity index (χ1) is 34.0. The molecule has 5 aromatic rings. The molecule has 7 N–H and O–H groups in total. The molecule has 26 nitrogen and oxygen atoms in total. The minimum atomic E-state index is -4.67. The molecule has 0 atom stereocenters. The fourth-order valence-electron chi connectivity index (χ4n) is 2.90. The molecule has 416 valence electrons. The summed E-state index contributed by atoms with van der Waals surface area (Å²) in [7, 11) is 1.88. The Kier molecular flexibility index (Phi) is 67.3. The van der Waals surface area contributed by atoms with Gasteiger partial charge in [0.1, 0.15) is 15.1 Å². The van der Waals surface area contributed by atoms with Crippen molar-refractivity contribution in [2.75, 3.05) is 46.2 Å². The van der Waals surface area contributed by atoms with E-state index in [0.29, 0.717) is 21.0 Å². The van der Waals surface area contributed by atoms with Crippen LogP contribution in [0.4, 0.5) is 11.4 Å². The number of nitrogens with zero attached hydrogens (tertiary/aromatic N) is 7. The van der Waals surface area contributed by atoms with Gasteiger partial charge in [0.25, 0.3) is 11.4 Å². The van der Waals surface area contributed by atoms with Gasteiger partial charge in [-0.1, -0.05) is 33.7 Å². The van der Waals surface area contributed by atoms with Crippen LogP contribution < -0.4 is 68.7 Å². The fraction of sp³-hybridized carbons (Fsp3) is 0.219. The Morgan fingerprint density at radius 3 is 1.32 bits per heavy atom. The molecular formula is C32H39Br6Cl7N8NaO18PS+2. The van der Waals surface area contributed by atoms with Crippen LogP contribution in [0.1, 0.15) is 0 Å². The van der Waals surface area contributed by atoms with Crippen molar-refractivity contribution in [3.8, 4) is 23.5 Å². The minimum Gasteiger partial charge on any atom is -0.857 e. The molecule has 5 aromatic heterocycles. The van der Waals surface area contributed by atoms with Gasteiger partial charge in [0.05, 0.1) is 71.8 Å². The number of nitrogens with one attached hydrogen (secondary N) is 1. The predicted octanol–water partition coefficient (Wildman–Crippen LogP) is 8.56. The van der Waals surface area contributed by atoms with E-state index in [0.717, 1.165) is 47.8 Å². The average molecular weight is 1640 g/mol. The quantitative estimate of drug-likeness (QED) is 0.00766. The summed E-state index contributed by atoms with van der Waals surface area (Å²) in [6.45, 7) is 0. The third-order valence-corrected chi connectivity index (χ3v) is 8.39. The molecule has 0 radical (unpaired) electrons. The van der Waals surface area contributed by atoms with Crippen molar-refractivity contribution < 1.29 is 116 Å². The van der Waals surface area contributed by atoms with E-state index >= 15 is 0 Å². The molecule has 0 amide bonds. The Hall–Kier alpha value is -0.640. The molecule has 0 fully saturated rings. The molecule has 0 bridgehead atoms. The first kappa shape index (κ1) is 87.2. The number of ether oxygens (including phenoxy) is 4. The summed E-state index contributed by atoms with van der Waals surface area (Å²) in [5.41, 5.74) is 0.768. The van der Waals surface area contributed by atoms with Crippen LogP contribution in [0.2, 0.25) is 0 Å². The fourth-order valence-corrected chi connectivity index (χ4v) is 4.74. The molecule has 0 aliphatic carbocycles. The molecule has 0 saturated heterocycles. The second kappa shape index (κ2) is 57.1. The van der Waals surface area contributed by atoms with E-state index in [9.17, 15) is 20.2 Å². The van der Waals surface area contributed by atoms with Crippen LogP contribution in [0.5, 0.6) is 23.5 Å². The number of halogens is 13. The summed E-state index contributed by atoms with van der Waals surface area (Å²) in [6, 6.07) is 13.3. The monoisotopic (exact) mass is 1630 g/mol. The van der Waals surface area contributed by atoms with Crippen molar-refractivity contribution in [3.63, 3.8) is 0 Å². The van der Waals surface area contributed by atoms with E-state index in [1.54, 1.807) is 37.7 Å². The third-order valence-electron chi connectivity index (χ3n) is 5.30. The Labute approximate surface area is 530 Å². The van der Waals surface area contributed by atoms with Crippen molar-refractivity contribution in [2.24, 2.45) is 0 Å². The largest absolute Gasteiger partial charge is 1.00 e. The Morgan fingerprint density at radius 1 is 0.649 bits per heavy atom. The van der Waals surface area contributed by atoms with Crippen LogP contribution in [-0.2, 0) is 15.4 Å². The maximum atomic E-state index is 10.4. The van der Waals surface area contributed by atoms with Crippen molar-refractivity contribution in [2.45, 2.75) is 0 Å². The van der Waals surface area contributed by atoms with Crippen LogP contribution in [0.3, 0.4) is 0 Å². The summed E-state index contributed by atoms with van der Waals surface area (Å²) in [6.07, 6.45) is 7.40. The maximum Gasteiger partial charge on any atom is 1.00 e. The summed E-state index contributed by atoms with van der Waals surface area (Å²) < 4.78 is 56.3. The van der Waals surface area contributed by atoms with Gasteiger partial charge in [0.2, 0.25) is 24.2 Å². The minimum absolute atomic E-state index is 0. The van der Waals surface area contributed by atoms with Gasteiger partial charge in [-0.25, -0.2) is 20.2 Å². The second-order valence-electron chi connectivity index (χ2n) is 9.66. The first-order valence-corrected chi connectivity index (χ1v) is 29.0. The van der Waals surface area contributed by atoms with E-state index in [2.05, 4.69) is 120 Å². The second-order valence-corrected chi connectivity index (χ2v) is 22.4. The van der Waals surface area contributed by atoms with Gasteiger partial charge >= 0.3 is 51.7 Å². The van der Waals surface area contributed by atoms with Gasteiger partial charge in [-0.3, -0.25) is 45.0 Å². The van der Waals surface area contributed by atoms with Crippen LogP contribution in [0, 0.1) is 20.2 Å². The standard InChI is InChI=1S/C6H6BrN2O4.C6H5BrN2O3.C6H7BrNO2.C6H6BrNO.C5H3Br2N.2CH2Cl2.CH3O.Cl3P.H3NO3.Na.H2O4S/c1-13-6-2-5(9(11)12)4(7)3-8(6)10;1-12-6-2-5(9(10)11)4(7)3-8-6;1-10-6-3-2-5(7)4-8(6)9;1-9-6-3-2-5(7)4-8-6;6-4-1-2-5(7)8-3-4;2*2-1-3;1-2;1-4(2)3;2-1-4-3;;1-5(2,3)4/h2-3,10H,1H3;2-3H,1H3;2-4,9H,1H3;2-4H,1H3;1-3H;2*1H2;1H3;;1-3H;;(H2,1,2,3,4)/q+1;;+1;;;;;-1;;;+1;. The van der Waals surface area contributed by atoms with Gasteiger partial charge in [-0.2, -0.15) is 15.5 Å². The van der Waals surface area contributed by atoms with Crippen LogP contribution in [-0.4, -0.2) is 109 Å².